The van der Waals surface area contributed by atoms with Gasteiger partial charge in [0, 0.05) is 37.4 Å². The summed E-state index contributed by atoms with van der Waals surface area (Å²) >= 11 is 0. The van der Waals surface area contributed by atoms with Gasteiger partial charge in [0.05, 0.1) is 11.0 Å². The van der Waals surface area contributed by atoms with Gasteiger partial charge < -0.3 is 15.1 Å². The molecule has 174 valence electrons. The molecule has 0 atom stereocenters. The van der Waals surface area contributed by atoms with E-state index in [4.69, 9.17) is 0 Å². The van der Waals surface area contributed by atoms with Gasteiger partial charge in [-0.1, -0.05) is 17.3 Å². The Balaban J connectivity index is 1.14. The van der Waals surface area contributed by atoms with Crippen molar-refractivity contribution in [1.82, 2.24) is 45.1 Å². The van der Waals surface area contributed by atoms with Crippen LogP contribution in [-0.2, 0) is 0 Å². The molecular formula is C22H18N10O3. The fourth-order valence-electron chi connectivity index (χ4n) is 4.04. The highest BCUT2D eigenvalue weighted by Gasteiger charge is 2.27. The maximum absolute atomic E-state index is 13.0. The number of amides is 2. The number of piperazine rings is 1. The Kier molecular flexibility index (Phi) is 4.98. The molecule has 0 unspecified atom stereocenters. The molecule has 0 bridgehead atoms. The molecule has 1 aliphatic heterocycles. The highest BCUT2D eigenvalue weighted by atomic mass is 16.6. The van der Waals surface area contributed by atoms with Crippen LogP contribution in [0.15, 0.2) is 59.4 Å². The summed E-state index contributed by atoms with van der Waals surface area (Å²) in [6.45, 7) is 1.67. The number of rotatable bonds is 4. The van der Waals surface area contributed by atoms with Gasteiger partial charge in [-0.25, -0.2) is 9.61 Å². The molecule has 35 heavy (non-hydrogen) atoms. The van der Waals surface area contributed by atoms with Crippen molar-refractivity contribution < 1.29 is 14.2 Å². The second-order valence-corrected chi connectivity index (χ2v) is 7.94. The van der Waals surface area contributed by atoms with Gasteiger partial charge >= 0.3 is 0 Å². The minimum atomic E-state index is -0.256. The number of tetrazole rings is 1. The molecule has 0 aliphatic carbocycles. The smallest absolute Gasteiger partial charge is 0.277 e. The average molecular weight is 470 g/mol. The molecule has 4 heterocycles. The summed E-state index contributed by atoms with van der Waals surface area (Å²) in [4.78, 5) is 33.4. The summed E-state index contributed by atoms with van der Waals surface area (Å²) in [5.41, 5.74) is 3.51. The number of nitrogens with one attached hydrogen (secondary N) is 1. The number of nitrogens with zero attached hydrogens (tertiary/aromatic N) is 9. The lowest BCUT2D eigenvalue weighted by atomic mass is 10.1. The van der Waals surface area contributed by atoms with E-state index in [0.29, 0.717) is 43.2 Å². The molecule has 0 spiro atoms. The molecule has 1 aliphatic rings. The summed E-state index contributed by atoms with van der Waals surface area (Å²) < 4.78 is 6.13. The van der Waals surface area contributed by atoms with Crippen LogP contribution in [0.5, 0.6) is 0 Å². The minimum Gasteiger partial charge on any atom is -0.337 e. The zero-order valence-electron chi connectivity index (χ0n) is 18.3. The van der Waals surface area contributed by atoms with E-state index in [2.05, 4.69) is 40.8 Å². The van der Waals surface area contributed by atoms with E-state index in [-0.39, 0.29) is 17.5 Å². The zero-order valence-corrected chi connectivity index (χ0v) is 18.3. The van der Waals surface area contributed by atoms with Gasteiger partial charge in [0.25, 0.3) is 11.8 Å². The predicted octanol–water partition coefficient (Wildman–Crippen LogP) is 1.40. The number of hydrogen-bond acceptors (Lipinski definition) is 10. The van der Waals surface area contributed by atoms with E-state index in [9.17, 15) is 9.59 Å². The fourth-order valence-corrected chi connectivity index (χ4v) is 4.04. The van der Waals surface area contributed by atoms with Gasteiger partial charge in [0.15, 0.2) is 11.5 Å². The van der Waals surface area contributed by atoms with E-state index >= 15 is 0 Å². The van der Waals surface area contributed by atoms with Gasteiger partial charge in [-0.15, -0.1) is 5.10 Å². The Labute approximate surface area is 197 Å². The monoisotopic (exact) mass is 470 g/mol. The van der Waals surface area contributed by atoms with Crippen molar-refractivity contribution in [3.8, 4) is 0 Å². The first-order valence-electron chi connectivity index (χ1n) is 10.9. The predicted molar refractivity (Wildman–Crippen MR) is 122 cm³/mol. The Morgan fingerprint density at radius 3 is 2.40 bits per heavy atom. The second kappa shape index (κ2) is 8.44. The highest BCUT2D eigenvalue weighted by Crippen LogP contribution is 2.23. The van der Waals surface area contributed by atoms with Crippen molar-refractivity contribution in [2.45, 2.75) is 0 Å². The molecule has 13 nitrogen and oxygen atoms in total. The summed E-state index contributed by atoms with van der Waals surface area (Å²) in [6.07, 6.45) is 1.29. The molecule has 1 saturated heterocycles. The van der Waals surface area contributed by atoms with Crippen LogP contribution in [0.1, 0.15) is 20.8 Å². The summed E-state index contributed by atoms with van der Waals surface area (Å²) in [6, 6.07) is 14.7. The summed E-state index contributed by atoms with van der Waals surface area (Å²) in [5, 5.41) is 22.2. The number of carbonyl (C=O) groups is 2. The third kappa shape index (κ3) is 3.78. The maximum atomic E-state index is 13.0. The molecule has 2 aromatic carbocycles. The lowest BCUT2D eigenvalue weighted by Crippen LogP contribution is -2.50. The van der Waals surface area contributed by atoms with Gasteiger partial charge in [0.2, 0.25) is 5.65 Å². The molecule has 3 aromatic heterocycles. The number of hydrogen-bond donors (Lipinski definition) is 1. The van der Waals surface area contributed by atoms with E-state index in [0.717, 1.165) is 16.7 Å². The molecule has 13 heteroatoms. The van der Waals surface area contributed by atoms with Crippen molar-refractivity contribution in [2.75, 3.05) is 31.5 Å². The number of para-hydroxylation sites is 2. The maximum Gasteiger partial charge on any atom is 0.277 e. The Morgan fingerprint density at radius 1 is 0.914 bits per heavy atom. The molecule has 1 fully saturated rings. The van der Waals surface area contributed by atoms with Gasteiger partial charge in [-0.3, -0.25) is 9.59 Å². The fraction of sp³-hybridized carbons (Fsp3) is 0.182. The lowest BCUT2D eigenvalue weighted by molar-refractivity contribution is 0.0529. The average Bonchev–Trinajstić information content (AvgIpc) is 3.62. The molecular weight excluding hydrogens is 452 g/mol. The zero-order chi connectivity index (χ0) is 23.8. The Bertz CT molecular complexity index is 1520. The molecule has 2 amide bonds. The first-order chi connectivity index (χ1) is 17.2. The van der Waals surface area contributed by atoms with Crippen LogP contribution in [-0.4, -0.2) is 83.1 Å². The van der Waals surface area contributed by atoms with Crippen LogP contribution < -0.4 is 5.32 Å². The first kappa shape index (κ1) is 20.7. The standard InChI is InChI=1S/C22H18N10O3/c33-21(30-9-11-31(12-10-30)22(34)17-13-23-35-27-17)14-5-7-15(8-6-14)24-19-20-26-28-29-32(20)18-4-2-1-3-16(18)25-19/h1-8,13H,9-12H2,(H,24,25). The van der Waals surface area contributed by atoms with Crippen molar-refractivity contribution >= 4 is 40.0 Å². The van der Waals surface area contributed by atoms with Crippen LogP contribution in [0, 0.1) is 0 Å². The molecule has 1 N–H and O–H groups in total. The van der Waals surface area contributed by atoms with Crippen LogP contribution in [0.2, 0.25) is 0 Å². The molecule has 6 rings (SSSR count). The number of fused-ring (bicyclic) bond motifs is 3. The summed E-state index contributed by atoms with van der Waals surface area (Å²) in [5.74, 6) is 0.156. The first-order valence-corrected chi connectivity index (χ1v) is 10.9. The minimum absolute atomic E-state index is 0.0976. The number of benzene rings is 2. The quantitative estimate of drug-likeness (QED) is 0.409. The van der Waals surface area contributed by atoms with Crippen LogP contribution >= 0.6 is 0 Å². The van der Waals surface area contributed by atoms with E-state index in [1.54, 1.807) is 26.4 Å². The van der Waals surface area contributed by atoms with Crippen LogP contribution in [0.3, 0.4) is 0 Å². The third-order valence-electron chi connectivity index (χ3n) is 5.85. The van der Waals surface area contributed by atoms with Crippen LogP contribution in [0.25, 0.3) is 16.7 Å². The number of carbonyl (C=O) groups excluding carboxylic acids is 2. The summed E-state index contributed by atoms with van der Waals surface area (Å²) in [7, 11) is 0. The second-order valence-electron chi connectivity index (χ2n) is 7.94. The Hall–Kier alpha value is -4.94. The largest absolute Gasteiger partial charge is 0.337 e. The Morgan fingerprint density at radius 2 is 1.66 bits per heavy atom. The van der Waals surface area contributed by atoms with E-state index < -0.39 is 0 Å². The van der Waals surface area contributed by atoms with Crippen molar-refractivity contribution in [1.29, 1.82) is 0 Å². The van der Waals surface area contributed by atoms with Crippen LogP contribution in [0.4, 0.5) is 11.5 Å². The topological polar surface area (TPSA) is 148 Å². The van der Waals surface area contributed by atoms with E-state index in [1.165, 1.54) is 6.20 Å². The lowest BCUT2D eigenvalue weighted by Gasteiger charge is -2.34. The number of aromatic nitrogens is 7. The number of anilines is 2. The van der Waals surface area contributed by atoms with Gasteiger partial charge in [-0.2, -0.15) is 4.52 Å². The van der Waals surface area contributed by atoms with Crippen molar-refractivity contribution in [3.63, 3.8) is 0 Å². The van der Waals surface area contributed by atoms with Gasteiger partial charge in [0.1, 0.15) is 6.20 Å². The highest BCUT2D eigenvalue weighted by molar-refractivity contribution is 5.95. The van der Waals surface area contributed by atoms with Crippen molar-refractivity contribution in [2.24, 2.45) is 0 Å². The van der Waals surface area contributed by atoms with Gasteiger partial charge in [-0.05, 0) is 52.0 Å². The molecule has 0 radical (unpaired) electrons. The SMILES string of the molecule is O=C(c1ccc(Nc2nc3ccccc3n3nnnc23)cc1)N1CCN(C(=O)c2cnon2)CC1. The van der Waals surface area contributed by atoms with E-state index in [1.807, 2.05) is 36.4 Å². The molecule has 5 aromatic rings. The van der Waals surface area contributed by atoms with Crippen molar-refractivity contribution in [3.05, 3.63) is 66.0 Å². The third-order valence-corrected chi connectivity index (χ3v) is 5.85. The normalized spacial score (nSPS) is 13.9. The molecule has 0 saturated carbocycles.